The van der Waals surface area contributed by atoms with E-state index in [2.05, 4.69) is 20.9 Å². The summed E-state index contributed by atoms with van der Waals surface area (Å²) in [6, 6.07) is 7.06. The normalized spacial score (nSPS) is 16.2. The number of aryl methyl sites for hydroxylation is 2. The Kier molecular flexibility index (Phi) is 10.7. The third kappa shape index (κ3) is 10.0. The third-order valence-corrected chi connectivity index (χ3v) is 9.27. The van der Waals surface area contributed by atoms with Gasteiger partial charge in [0.1, 0.15) is 4.88 Å². The highest BCUT2D eigenvalue weighted by atomic mass is 32.2. The minimum atomic E-state index is -3.17. The summed E-state index contributed by atoms with van der Waals surface area (Å²) in [4.78, 5) is 56.0. The van der Waals surface area contributed by atoms with Crippen LogP contribution in [0.25, 0.3) is 0 Å². The van der Waals surface area contributed by atoms with E-state index in [-0.39, 0.29) is 41.5 Å². The first-order chi connectivity index (χ1) is 20.7. The highest BCUT2D eigenvalue weighted by Crippen LogP contribution is 2.37. The fraction of sp³-hybridized carbons (Fsp3) is 0.552. The van der Waals surface area contributed by atoms with Crippen molar-refractivity contribution in [2.75, 3.05) is 35.2 Å². The summed E-state index contributed by atoms with van der Waals surface area (Å²) in [6.45, 7) is 12.0. The predicted octanol–water partition coefficient (Wildman–Crippen LogP) is 3.49. The van der Waals surface area contributed by atoms with Crippen LogP contribution < -0.4 is 21.7 Å². The zero-order valence-electron chi connectivity index (χ0n) is 26.6. The number of nitrogens with zero attached hydrogens (tertiary/aromatic N) is 2. The first-order valence-electron chi connectivity index (χ1n) is 14.3. The minimum absolute atomic E-state index is 0.0968. The molecule has 14 nitrogen and oxygen atoms in total. The Morgan fingerprint density at radius 1 is 0.978 bits per heavy atom. The Balaban J connectivity index is 1.80. The summed E-state index contributed by atoms with van der Waals surface area (Å²) < 4.78 is 34.8. The highest BCUT2D eigenvalue weighted by molar-refractivity contribution is 7.91. The van der Waals surface area contributed by atoms with Crippen molar-refractivity contribution < 1.29 is 37.1 Å². The average Bonchev–Trinajstić information content (AvgIpc) is 3.27. The van der Waals surface area contributed by atoms with E-state index in [0.29, 0.717) is 29.1 Å². The van der Waals surface area contributed by atoms with Crippen molar-refractivity contribution in [3.8, 4) is 0 Å². The van der Waals surface area contributed by atoms with Crippen molar-refractivity contribution in [2.24, 2.45) is 11.1 Å². The zero-order valence-corrected chi connectivity index (χ0v) is 28.2. The Morgan fingerprint density at radius 3 is 2.09 bits per heavy atom. The predicted molar refractivity (Wildman–Crippen MR) is 171 cm³/mol. The van der Waals surface area contributed by atoms with E-state index >= 15 is 0 Å². The number of primary amides is 1. The van der Waals surface area contributed by atoms with Crippen LogP contribution in [0, 0.1) is 5.41 Å². The van der Waals surface area contributed by atoms with Gasteiger partial charge < -0.3 is 36.1 Å². The van der Waals surface area contributed by atoms with Gasteiger partial charge in [0.2, 0.25) is 5.91 Å². The third-order valence-electron chi connectivity index (χ3n) is 6.66. The largest absolute Gasteiger partial charge is 0.412 e. The fourth-order valence-corrected chi connectivity index (χ4v) is 6.56. The first kappa shape index (κ1) is 35.6. The van der Waals surface area contributed by atoms with Crippen molar-refractivity contribution in [1.82, 2.24) is 15.2 Å². The number of carbonyl (C=O) groups is 4. The molecular formula is C29H42N6O8S2. The summed E-state index contributed by atoms with van der Waals surface area (Å²) in [7, 11) is -3.17. The SMILES string of the molecule is CC(=O)Nc1nc(CCc2ccc(NC(OC(N)=O)(OC(=O)NC(C)(C)C)C(C)(C)C)cc2)c(C(=O)N2CCS(=O)(=O)CC2)s1. The van der Waals surface area contributed by atoms with Crippen LogP contribution >= 0.6 is 11.3 Å². The number of hydrogen-bond acceptors (Lipinski definition) is 11. The lowest BCUT2D eigenvalue weighted by Gasteiger charge is -2.42. The lowest BCUT2D eigenvalue weighted by molar-refractivity contribution is -0.202. The molecule has 1 fully saturated rings. The summed E-state index contributed by atoms with van der Waals surface area (Å²) in [6.07, 6.45) is -1.12. The number of thiazole rings is 1. The molecule has 45 heavy (non-hydrogen) atoms. The standard InChI is InChI=1S/C29H42N6O8S2/c1-18(36)31-25-32-21(22(44-25)23(37)35-14-16-45(40,41)17-15-35)13-10-19-8-11-20(12-9-19)33-29(27(2,3)4,42-24(30)38)43-26(39)34-28(5,6)7/h8-9,11-12,33H,10,13-17H2,1-7H3,(H2,30,38)(H,34,39)(H,31,32,36). The van der Waals surface area contributed by atoms with Crippen LogP contribution in [0.5, 0.6) is 0 Å². The van der Waals surface area contributed by atoms with Crippen LogP contribution in [0.15, 0.2) is 24.3 Å². The van der Waals surface area contributed by atoms with Gasteiger partial charge >= 0.3 is 18.1 Å². The van der Waals surface area contributed by atoms with E-state index < -0.39 is 38.9 Å². The quantitative estimate of drug-likeness (QED) is 0.287. The van der Waals surface area contributed by atoms with E-state index in [9.17, 15) is 27.6 Å². The maximum absolute atomic E-state index is 13.3. The first-order valence-corrected chi connectivity index (χ1v) is 17.0. The minimum Gasteiger partial charge on any atom is -0.387 e. The molecule has 0 saturated carbocycles. The van der Waals surface area contributed by atoms with E-state index in [4.69, 9.17) is 15.2 Å². The number of ether oxygens (including phenoxy) is 2. The van der Waals surface area contributed by atoms with E-state index in [1.54, 1.807) is 53.7 Å². The van der Waals surface area contributed by atoms with Crippen LogP contribution in [0.3, 0.4) is 0 Å². The van der Waals surface area contributed by atoms with Gasteiger partial charge in [0.15, 0.2) is 15.0 Å². The molecule has 2 aromatic rings. The topological polar surface area (TPSA) is 199 Å². The number of hydrogen-bond donors (Lipinski definition) is 4. The average molecular weight is 667 g/mol. The molecule has 1 atom stereocenters. The molecule has 1 saturated heterocycles. The van der Waals surface area contributed by atoms with Crippen molar-refractivity contribution >= 4 is 56.0 Å². The van der Waals surface area contributed by atoms with Crippen LogP contribution in [0.4, 0.5) is 20.4 Å². The maximum Gasteiger partial charge on any atom is 0.412 e. The zero-order chi connectivity index (χ0) is 33.8. The van der Waals surface area contributed by atoms with Crippen LogP contribution in [0.1, 0.15) is 69.4 Å². The number of carbonyl (C=O) groups excluding carboxylic acids is 4. The van der Waals surface area contributed by atoms with Gasteiger partial charge in [-0.1, -0.05) is 44.2 Å². The second kappa shape index (κ2) is 13.6. The molecule has 0 aliphatic carbocycles. The molecule has 2 heterocycles. The molecule has 248 valence electrons. The number of benzene rings is 1. The number of aromatic nitrogens is 1. The molecule has 1 aliphatic rings. The highest BCUT2D eigenvalue weighted by Gasteiger charge is 2.50. The van der Waals surface area contributed by atoms with Crippen molar-refractivity contribution in [3.05, 3.63) is 40.4 Å². The number of nitrogens with one attached hydrogen (secondary N) is 3. The van der Waals surface area contributed by atoms with Crippen molar-refractivity contribution in [3.63, 3.8) is 0 Å². The summed E-state index contributed by atoms with van der Waals surface area (Å²) in [5, 5.41) is 8.61. The van der Waals surface area contributed by atoms with Gasteiger partial charge in [0, 0.05) is 31.2 Å². The second-order valence-electron chi connectivity index (χ2n) is 12.8. The number of sulfone groups is 1. The fourth-order valence-electron chi connectivity index (χ4n) is 4.33. The van der Waals surface area contributed by atoms with Crippen LogP contribution in [0.2, 0.25) is 0 Å². The Hall–Kier alpha value is -3.92. The summed E-state index contributed by atoms with van der Waals surface area (Å²) in [5.41, 5.74) is 5.63. The smallest absolute Gasteiger partial charge is 0.387 e. The Labute approximate surface area is 267 Å². The number of rotatable bonds is 9. The molecule has 1 unspecified atom stereocenters. The van der Waals surface area contributed by atoms with Gasteiger partial charge in [-0.15, -0.1) is 0 Å². The second-order valence-corrected chi connectivity index (χ2v) is 16.1. The van der Waals surface area contributed by atoms with Gasteiger partial charge in [-0.05, 0) is 51.3 Å². The monoisotopic (exact) mass is 666 g/mol. The Morgan fingerprint density at radius 2 is 1.58 bits per heavy atom. The molecule has 1 aromatic carbocycles. The molecule has 0 bridgehead atoms. The number of amides is 4. The molecule has 16 heteroatoms. The van der Waals surface area contributed by atoms with Crippen LogP contribution in [-0.2, 0) is 36.9 Å². The Bertz CT molecular complexity index is 1510. The van der Waals surface area contributed by atoms with Gasteiger partial charge in [-0.3, -0.25) is 9.59 Å². The van der Waals surface area contributed by atoms with Gasteiger partial charge in [-0.2, -0.15) is 0 Å². The molecule has 5 N–H and O–H groups in total. The van der Waals surface area contributed by atoms with Gasteiger partial charge in [0.05, 0.1) is 22.6 Å². The number of nitrogens with two attached hydrogens (primary N) is 1. The molecule has 4 amide bonds. The lowest BCUT2D eigenvalue weighted by atomic mass is 9.90. The lowest BCUT2D eigenvalue weighted by Crippen LogP contribution is -2.59. The van der Waals surface area contributed by atoms with Crippen molar-refractivity contribution in [1.29, 1.82) is 0 Å². The van der Waals surface area contributed by atoms with E-state index in [0.717, 1.165) is 16.9 Å². The molecule has 0 spiro atoms. The molecule has 0 radical (unpaired) electrons. The van der Waals surface area contributed by atoms with E-state index in [1.165, 1.54) is 11.8 Å². The summed E-state index contributed by atoms with van der Waals surface area (Å²) >= 11 is 1.06. The van der Waals surface area contributed by atoms with Crippen molar-refractivity contribution in [2.45, 2.75) is 72.8 Å². The summed E-state index contributed by atoms with van der Waals surface area (Å²) in [5.74, 6) is -2.80. The molecule has 3 rings (SSSR count). The van der Waals surface area contributed by atoms with Crippen LogP contribution in [-0.4, -0.2) is 78.3 Å². The molecule has 1 aliphatic heterocycles. The number of anilines is 2. The van der Waals surface area contributed by atoms with Gasteiger partial charge in [-0.25, -0.2) is 23.0 Å². The van der Waals surface area contributed by atoms with Gasteiger partial charge in [0.25, 0.3) is 5.91 Å². The molecule has 1 aromatic heterocycles. The number of alkyl carbamates (subject to hydrolysis) is 1. The van der Waals surface area contributed by atoms with E-state index in [1.807, 2.05) is 12.1 Å². The molecular weight excluding hydrogens is 624 g/mol. The maximum atomic E-state index is 13.3.